The van der Waals surface area contributed by atoms with Crippen molar-refractivity contribution in [2.24, 2.45) is 12.0 Å². The standard InChI is InChI=1S/C22H29N7.HI/c1-3-23-22(28-10-9-20(17-28)21-13-25-27(2)16-21)24-11-19-12-26-29(15-19)14-18-7-5-4-6-8-18;/h4-8,12-13,15-16,20H,3,9-11,14,17H2,1-2H3,(H,23,24);1H. The van der Waals surface area contributed by atoms with E-state index in [1.54, 1.807) is 0 Å². The van der Waals surface area contributed by atoms with Gasteiger partial charge in [-0.1, -0.05) is 30.3 Å². The Labute approximate surface area is 195 Å². The van der Waals surface area contributed by atoms with Gasteiger partial charge in [-0.05, 0) is 24.5 Å². The molecule has 4 rings (SSSR count). The van der Waals surface area contributed by atoms with Crippen LogP contribution in [0.25, 0.3) is 0 Å². The van der Waals surface area contributed by atoms with E-state index in [4.69, 9.17) is 4.99 Å². The number of aromatic nitrogens is 4. The van der Waals surface area contributed by atoms with Gasteiger partial charge in [0.25, 0.3) is 0 Å². The number of guanidine groups is 1. The molecule has 1 N–H and O–H groups in total. The summed E-state index contributed by atoms with van der Waals surface area (Å²) in [4.78, 5) is 7.23. The summed E-state index contributed by atoms with van der Waals surface area (Å²) in [5, 5.41) is 12.3. The molecule has 7 nitrogen and oxygen atoms in total. The quantitative estimate of drug-likeness (QED) is 0.309. The van der Waals surface area contributed by atoms with Crippen molar-refractivity contribution in [3.8, 4) is 0 Å². The number of nitrogens with one attached hydrogen (secondary N) is 1. The third kappa shape index (κ3) is 5.62. The Morgan fingerprint density at radius 2 is 1.97 bits per heavy atom. The average molecular weight is 519 g/mol. The molecule has 1 fully saturated rings. The summed E-state index contributed by atoms with van der Waals surface area (Å²) in [6.07, 6.45) is 9.24. The van der Waals surface area contributed by atoms with Crippen LogP contribution in [-0.4, -0.2) is 50.1 Å². The highest BCUT2D eigenvalue weighted by Crippen LogP contribution is 2.26. The zero-order valence-corrected chi connectivity index (χ0v) is 19.9. The summed E-state index contributed by atoms with van der Waals surface area (Å²) in [6.45, 7) is 6.38. The molecule has 0 amide bonds. The van der Waals surface area contributed by atoms with Gasteiger partial charge in [0, 0.05) is 50.6 Å². The van der Waals surface area contributed by atoms with Gasteiger partial charge >= 0.3 is 0 Å². The van der Waals surface area contributed by atoms with E-state index in [1.165, 1.54) is 11.1 Å². The molecule has 3 aromatic rings. The second kappa shape index (κ2) is 10.6. The summed E-state index contributed by atoms with van der Waals surface area (Å²) < 4.78 is 3.85. The fraction of sp³-hybridized carbons (Fsp3) is 0.409. The Kier molecular flexibility index (Phi) is 7.89. The monoisotopic (exact) mass is 519 g/mol. The summed E-state index contributed by atoms with van der Waals surface area (Å²) >= 11 is 0. The molecule has 30 heavy (non-hydrogen) atoms. The molecule has 1 unspecified atom stereocenters. The summed E-state index contributed by atoms with van der Waals surface area (Å²) in [7, 11) is 1.97. The molecule has 1 aromatic carbocycles. The van der Waals surface area contributed by atoms with Gasteiger partial charge in [0.2, 0.25) is 0 Å². The minimum Gasteiger partial charge on any atom is -0.357 e. The predicted octanol–water partition coefficient (Wildman–Crippen LogP) is 3.24. The Hall–Kier alpha value is -2.36. The van der Waals surface area contributed by atoms with Crippen molar-refractivity contribution in [2.45, 2.75) is 32.4 Å². The highest BCUT2D eigenvalue weighted by molar-refractivity contribution is 14.0. The van der Waals surface area contributed by atoms with E-state index >= 15 is 0 Å². The van der Waals surface area contributed by atoms with Crippen LogP contribution in [0.1, 0.15) is 36.0 Å². The van der Waals surface area contributed by atoms with Crippen molar-refractivity contribution in [3.05, 3.63) is 71.8 Å². The van der Waals surface area contributed by atoms with Crippen LogP contribution in [0.4, 0.5) is 0 Å². The minimum absolute atomic E-state index is 0. The predicted molar refractivity (Wildman–Crippen MR) is 130 cm³/mol. The van der Waals surface area contributed by atoms with Crippen LogP contribution in [0.3, 0.4) is 0 Å². The zero-order valence-electron chi connectivity index (χ0n) is 17.6. The molecule has 1 aliphatic heterocycles. The van der Waals surface area contributed by atoms with Crippen LogP contribution in [-0.2, 0) is 20.1 Å². The lowest BCUT2D eigenvalue weighted by atomic mass is 10.0. The molecule has 2 aromatic heterocycles. The SMILES string of the molecule is CCNC(=NCc1cnn(Cc2ccccc2)c1)N1CCC(c2cnn(C)c2)C1.I. The maximum absolute atomic E-state index is 4.88. The van der Waals surface area contributed by atoms with Crippen LogP contribution >= 0.6 is 24.0 Å². The number of aliphatic imine (C=N–C) groups is 1. The first-order chi connectivity index (χ1) is 14.2. The van der Waals surface area contributed by atoms with Gasteiger partial charge in [0.05, 0.1) is 25.5 Å². The maximum atomic E-state index is 4.88. The topological polar surface area (TPSA) is 63.3 Å². The van der Waals surface area contributed by atoms with Crippen molar-refractivity contribution < 1.29 is 0 Å². The van der Waals surface area contributed by atoms with Crippen LogP contribution in [0.15, 0.2) is 60.1 Å². The van der Waals surface area contributed by atoms with Crippen molar-refractivity contribution in [1.29, 1.82) is 0 Å². The molecule has 0 aliphatic carbocycles. The fourth-order valence-electron chi connectivity index (χ4n) is 3.81. The van der Waals surface area contributed by atoms with E-state index in [9.17, 15) is 0 Å². The van der Waals surface area contributed by atoms with Gasteiger partial charge in [-0.2, -0.15) is 10.2 Å². The van der Waals surface area contributed by atoms with E-state index in [0.29, 0.717) is 12.5 Å². The number of aryl methyl sites for hydroxylation is 1. The van der Waals surface area contributed by atoms with Crippen molar-refractivity contribution in [3.63, 3.8) is 0 Å². The Morgan fingerprint density at radius 3 is 2.70 bits per heavy atom. The number of nitrogens with zero attached hydrogens (tertiary/aromatic N) is 6. The lowest BCUT2D eigenvalue weighted by Crippen LogP contribution is -2.39. The molecular formula is C22H30IN7. The third-order valence-corrected chi connectivity index (χ3v) is 5.30. The number of benzene rings is 1. The molecule has 160 valence electrons. The van der Waals surface area contributed by atoms with Gasteiger partial charge in [-0.3, -0.25) is 9.36 Å². The molecule has 0 saturated carbocycles. The minimum atomic E-state index is 0. The molecule has 0 bridgehead atoms. The van der Waals surface area contributed by atoms with Crippen molar-refractivity contribution in [2.75, 3.05) is 19.6 Å². The van der Waals surface area contributed by atoms with E-state index in [-0.39, 0.29) is 24.0 Å². The summed E-state index contributed by atoms with van der Waals surface area (Å²) in [6, 6.07) is 10.4. The highest BCUT2D eigenvalue weighted by Gasteiger charge is 2.26. The van der Waals surface area contributed by atoms with Crippen LogP contribution in [0.2, 0.25) is 0 Å². The van der Waals surface area contributed by atoms with E-state index in [1.807, 2.05) is 34.9 Å². The van der Waals surface area contributed by atoms with Gasteiger partial charge in [-0.15, -0.1) is 24.0 Å². The molecule has 0 spiro atoms. The molecular weight excluding hydrogens is 489 g/mol. The number of hydrogen-bond donors (Lipinski definition) is 1. The second-order valence-corrected chi connectivity index (χ2v) is 7.58. The first-order valence-electron chi connectivity index (χ1n) is 10.3. The van der Waals surface area contributed by atoms with Gasteiger partial charge < -0.3 is 10.2 Å². The molecule has 0 radical (unpaired) electrons. The third-order valence-electron chi connectivity index (χ3n) is 5.30. The maximum Gasteiger partial charge on any atom is 0.194 e. The van der Waals surface area contributed by atoms with Crippen molar-refractivity contribution in [1.82, 2.24) is 29.8 Å². The molecule has 1 aliphatic rings. The molecule has 3 heterocycles. The Balaban J connectivity index is 0.00000256. The number of hydrogen-bond acceptors (Lipinski definition) is 3. The summed E-state index contributed by atoms with van der Waals surface area (Å²) in [5.41, 5.74) is 3.69. The van der Waals surface area contributed by atoms with Gasteiger partial charge in [0.15, 0.2) is 5.96 Å². The normalized spacial score (nSPS) is 16.5. The molecule has 1 atom stereocenters. The van der Waals surface area contributed by atoms with Crippen LogP contribution in [0.5, 0.6) is 0 Å². The highest BCUT2D eigenvalue weighted by atomic mass is 127. The number of likely N-dealkylation sites (tertiary alicyclic amines) is 1. The molecule has 8 heteroatoms. The largest absolute Gasteiger partial charge is 0.357 e. The second-order valence-electron chi connectivity index (χ2n) is 7.58. The van der Waals surface area contributed by atoms with E-state index in [2.05, 4.69) is 64.0 Å². The average Bonchev–Trinajstić information content (AvgIpc) is 3.47. The summed E-state index contributed by atoms with van der Waals surface area (Å²) in [5.74, 6) is 1.50. The smallest absolute Gasteiger partial charge is 0.194 e. The Morgan fingerprint density at radius 1 is 1.13 bits per heavy atom. The fourth-order valence-corrected chi connectivity index (χ4v) is 3.81. The number of halogens is 1. The first kappa shape index (κ1) is 22.3. The lowest BCUT2D eigenvalue weighted by Gasteiger charge is -2.21. The van der Waals surface area contributed by atoms with Crippen molar-refractivity contribution >= 4 is 29.9 Å². The molecule has 1 saturated heterocycles. The van der Waals surface area contributed by atoms with Crippen LogP contribution < -0.4 is 5.32 Å². The zero-order chi connectivity index (χ0) is 20.1. The first-order valence-corrected chi connectivity index (χ1v) is 10.3. The van der Waals surface area contributed by atoms with E-state index in [0.717, 1.165) is 44.1 Å². The van der Waals surface area contributed by atoms with Gasteiger partial charge in [0.1, 0.15) is 0 Å². The number of rotatable bonds is 6. The van der Waals surface area contributed by atoms with Crippen LogP contribution in [0, 0.1) is 0 Å². The van der Waals surface area contributed by atoms with E-state index < -0.39 is 0 Å². The van der Waals surface area contributed by atoms with Gasteiger partial charge in [-0.25, -0.2) is 4.99 Å². The Bertz CT molecular complexity index is 947. The lowest BCUT2D eigenvalue weighted by molar-refractivity contribution is 0.486.